The normalized spacial score (nSPS) is 9.94. The summed E-state index contributed by atoms with van der Waals surface area (Å²) in [5, 5.41) is 0. The van der Waals surface area contributed by atoms with E-state index < -0.39 is 0 Å². The fourth-order valence-electron chi connectivity index (χ4n) is 1.68. The zero-order valence-electron chi connectivity index (χ0n) is 11.5. The number of benzene rings is 1. The number of allylic oxidation sites excluding steroid dienone is 1. The molecule has 0 saturated carbocycles. The summed E-state index contributed by atoms with van der Waals surface area (Å²) >= 11 is 0. The van der Waals surface area contributed by atoms with Gasteiger partial charge in [0, 0.05) is 6.42 Å². The van der Waals surface area contributed by atoms with Gasteiger partial charge in [-0.05, 0) is 45.2 Å². The first-order valence-electron chi connectivity index (χ1n) is 6.43. The molecule has 0 bridgehead atoms. The van der Waals surface area contributed by atoms with Crippen LogP contribution < -0.4 is 4.74 Å². The Morgan fingerprint density at radius 1 is 1.22 bits per heavy atom. The van der Waals surface area contributed by atoms with Crippen molar-refractivity contribution in [3.05, 3.63) is 41.5 Å². The number of rotatable bonds is 7. The predicted molar refractivity (Wildman–Crippen MR) is 75.0 cm³/mol. The van der Waals surface area contributed by atoms with Gasteiger partial charge in [0.1, 0.15) is 11.5 Å². The molecule has 0 aliphatic rings. The van der Waals surface area contributed by atoms with Crippen molar-refractivity contribution in [3.8, 4) is 5.75 Å². The Kier molecular flexibility index (Phi) is 6.20. The topological polar surface area (TPSA) is 26.3 Å². The molecule has 0 radical (unpaired) electrons. The average Bonchev–Trinajstić information content (AvgIpc) is 2.33. The van der Waals surface area contributed by atoms with Gasteiger partial charge in [0.25, 0.3) is 0 Å². The van der Waals surface area contributed by atoms with Crippen LogP contribution in [0.15, 0.2) is 35.9 Å². The molecule has 2 nitrogen and oxygen atoms in total. The zero-order chi connectivity index (χ0) is 13.4. The highest BCUT2D eigenvalue weighted by molar-refractivity contribution is 5.75. The third kappa shape index (κ3) is 5.67. The minimum atomic E-state index is 0.217. The minimum Gasteiger partial charge on any atom is -0.493 e. The summed E-state index contributed by atoms with van der Waals surface area (Å²) in [6, 6.07) is 7.95. The Morgan fingerprint density at radius 2 is 1.94 bits per heavy atom. The van der Waals surface area contributed by atoms with Crippen molar-refractivity contribution in [2.24, 2.45) is 0 Å². The quantitative estimate of drug-likeness (QED) is 0.538. The van der Waals surface area contributed by atoms with E-state index in [1.807, 2.05) is 24.3 Å². The summed E-state index contributed by atoms with van der Waals surface area (Å²) in [6.07, 6.45) is 4.42. The van der Waals surface area contributed by atoms with Crippen molar-refractivity contribution in [2.45, 2.75) is 40.0 Å². The fraction of sp³-hybridized carbons (Fsp3) is 0.438. The highest BCUT2D eigenvalue weighted by Gasteiger charge is 2.03. The van der Waals surface area contributed by atoms with Gasteiger partial charge in [-0.1, -0.05) is 29.8 Å². The first kappa shape index (κ1) is 14.5. The maximum atomic E-state index is 11.0. The van der Waals surface area contributed by atoms with E-state index in [0.717, 1.165) is 24.2 Å². The second kappa shape index (κ2) is 7.70. The standard InChI is InChI=1S/C16H22O2/c1-13(2)7-6-12-18-16-9-5-4-8-15(16)11-10-14(3)17/h4-5,7-9H,6,10-12H2,1-3H3. The van der Waals surface area contributed by atoms with Crippen LogP contribution in [0.1, 0.15) is 39.2 Å². The van der Waals surface area contributed by atoms with E-state index in [0.29, 0.717) is 13.0 Å². The first-order chi connectivity index (χ1) is 8.59. The molecule has 0 spiro atoms. The van der Waals surface area contributed by atoms with E-state index in [1.54, 1.807) is 6.92 Å². The van der Waals surface area contributed by atoms with Gasteiger partial charge < -0.3 is 9.53 Å². The number of aryl methyl sites for hydroxylation is 1. The molecule has 0 amide bonds. The molecule has 0 heterocycles. The molecule has 0 saturated heterocycles. The maximum Gasteiger partial charge on any atom is 0.130 e. The van der Waals surface area contributed by atoms with Crippen LogP contribution in [0, 0.1) is 0 Å². The van der Waals surface area contributed by atoms with Gasteiger partial charge in [-0.3, -0.25) is 0 Å². The van der Waals surface area contributed by atoms with E-state index in [1.165, 1.54) is 5.57 Å². The number of ketones is 1. The summed E-state index contributed by atoms with van der Waals surface area (Å²) < 4.78 is 5.76. The lowest BCUT2D eigenvalue weighted by atomic mass is 10.1. The molecule has 0 fully saturated rings. The van der Waals surface area contributed by atoms with E-state index in [-0.39, 0.29) is 5.78 Å². The Balaban J connectivity index is 2.53. The Morgan fingerprint density at radius 3 is 2.61 bits per heavy atom. The SMILES string of the molecule is CC(=O)CCc1ccccc1OCCC=C(C)C. The number of carbonyl (C=O) groups is 1. The lowest BCUT2D eigenvalue weighted by molar-refractivity contribution is -0.116. The van der Waals surface area contributed by atoms with Crippen LogP contribution in [0.25, 0.3) is 0 Å². The van der Waals surface area contributed by atoms with Crippen LogP contribution >= 0.6 is 0 Å². The maximum absolute atomic E-state index is 11.0. The van der Waals surface area contributed by atoms with E-state index in [2.05, 4.69) is 19.9 Å². The monoisotopic (exact) mass is 246 g/mol. The lowest BCUT2D eigenvalue weighted by Crippen LogP contribution is -2.01. The molecule has 0 unspecified atom stereocenters. The number of ether oxygens (including phenoxy) is 1. The molecular formula is C16H22O2. The Labute approximate surface area is 110 Å². The van der Waals surface area contributed by atoms with Gasteiger partial charge in [0.05, 0.1) is 6.61 Å². The Hall–Kier alpha value is -1.57. The number of hydrogen-bond donors (Lipinski definition) is 0. The van der Waals surface area contributed by atoms with E-state index in [9.17, 15) is 4.79 Å². The van der Waals surface area contributed by atoms with Crippen LogP contribution in [0.5, 0.6) is 5.75 Å². The summed E-state index contributed by atoms with van der Waals surface area (Å²) in [4.78, 5) is 11.0. The summed E-state index contributed by atoms with van der Waals surface area (Å²) in [6.45, 7) is 6.47. The van der Waals surface area contributed by atoms with Crippen molar-refractivity contribution in [1.82, 2.24) is 0 Å². The molecule has 0 aliphatic heterocycles. The highest BCUT2D eigenvalue weighted by Crippen LogP contribution is 2.19. The molecule has 98 valence electrons. The van der Waals surface area contributed by atoms with Crippen LogP contribution in [-0.2, 0) is 11.2 Å². The summed E-state index contributed by atoms with van der Waals surface area (Å²) in [7, 11) is 0. The van der Waals surface area contributed by atoms with Gasteiger partial charge in [-0.15, -0.1) is 0 Å². The smallest absolute Gasteiger partial charge is 0.130 e. The van der Waals surface area contributed by atoms with Crippen molar-refractivity contribution >= 4 is 5.78 Å². The van der Waals surface area contributed by atoms with Gasteiger partial charge in [-0.25, -0.2) is 0 Å². The fourth-order valence-corrected chi connectivity index (χ4v) is 1.68. The van der Waals surface area contributed by atoms with Crippen LogP contribution in [-0.4, -0.2) is 12.4 Å². The molecular weight excluding hydrogens is 224 g/mol. The molecule has 18 heavy (non-hydrogen) atoms. The van der Waals surface area contributed by atoms with Gasteiger partial charge >= 0.3 is 0 Å². The molecule has 2 heteroatoms. The summed E-state index contributed by atoms with van der Waals surface area (Å²) in [5.74, 6) is 1.12. The number of Topliss-reactive ketones (excluding diaryl/α,β-unsaturated/α-hetero) is 1. The van der Waals surface area contributed by atoms with Crippen molar-refractivity contribution in [1.29, 1.82) is 0 Å². The molecule has 1 rings (SSSR count). The van der Waals surface area contributed by atoms with Crippen molar-refractivity contribution in [3.63, 3.8) is 0 Å². The second-order valence-electron chi connectivity index (χ2n) is 4.73. The zero-order valence-corrected chi connectivity index (χ0v) is 11.5. The van der Waals surface area contributed by atoms with E-state index >= 15 is 0 Å². The van der Waals surface area contributed by atoms with Gasteiger partial charge in [0.2, 0.25) is 0 Å². The van der Waals surface area contributed by atoms with Crippen LogP contribution in [0.3, 0.4) is 0 Å². The molecule has 0 N–H and O–H groups in total. The third-order valence-electron chi connectivity index (χ3n) is 2.65. The molecule has 1 aromatic carbocycles. The number of para-hydroxylation sites is 1. The lowest BCUT2D eigenvalue weighted by Gasteiger charge is -2.10. The predicted octanol–water partition coefficient (Wildman–Crippen LogP) is 3.94. The van der Waals surface area contributed by atoms with Crippen molar-refractivity contribution < 1.29 is 9.53 Å². The molecule has 0 aromatic heterocycles. The van der Waals surface area contributed by atoms with Crippen LogP contribution in [0.4, 0.5) is 0 Å². The van der Waals surface area contributed by atoms with Crippen molar-refractivity contribution in [2.75, 3.05) is 6.61 Å². The van der Waals surface area contributed by atoms with Gasteiger partial charge in [-0.2, -0.15) is 0 Å². The van der Waals surface area contributed by atoms with E-state index in [4.69, 9.17) is 4.74 Å². The number of hydrogen-bond acceptors (Lipinski definition) is 2. The minimum absolute atomic E-state index is 0.217. The summed E-state index contributed by atoms with van der Waals surface area (Å²) in [5.41, 5.74) is 2.42. The number of carbonyl (C=O) groups excluding carboxylic acids is 1. The molecule has 0 atom stereocenters. The average molecular weight is 246 g/mol. The van der Waals surface area contributed by atoms with Gasteiger partial charge in [0.15, 0.2) is 0 Å². The Bertz CT molecular complexity index is 415. The molecule has 0 aliphatic carbocycles. The first-order valence-corrected chi connectivity index (χ1v) is 6.43. The second-order valence-corrected chi connectivity index (χ2v) is 4.73. The largest absolute Gasteiger partial charge is 0.493 e. The highest BCUT2D eigenvalue weighted by atomic mass is 16.5. The third-order valence-corrected chi connectivity index (χ3v) is 2.65. The molecule has 1 aromatic rings. The van der Waals surface area contributed by atoms with Crippen LogP contribution in [0.2, 0.25) is 0 Å².